The second kappa shape index (κ2) is 7.29. The molecule has 0 saturated carbocycles. The molecule has 1 amide bonds. The molecule has 0 radical (unpaired) electrons. The van der Waals surface area contributed by atoms with Gasteiger partial charge in [0.1, 0.15) is 0 Å². The van der Waals surface area contributed by atoms with Gasteiger partial charge in [0.05, 0.1) is 6.61 Å². The number of nitrogens with zero attached hydrogens (tertiary/aromatic N) is 1. The van der Waals surface area contributed by atoms with Crippen molar-refractivity contribution in [3.63, 3.8) is 0 Å². The lowest BCUT2D eigenvalue weighted by atomic mass is 10.0. The van der Waals surface area contributed by atoms with E-state index in [1.807, 2.05) is 36.9 Å². The van der Waals surface area contributed by atoms with Gasteiger partial charge < -0.3 is 10.0 Å². The highest BCUT2D eigenvalue weighted by Crippen LogP contribution is 2.17. The molecule has 1 N–H and O–H groups in total. The van der Waals surface area contributed by atoms with Gasteiger partial charge in [-0.25, -0.2) is 0 Å². The maximum atomic E-state index is 12.7. The molecule has 1 rings (SSSR count). The number of benzene rings is 1. The van der Waals surface area contributed by atoms with Crippen molar-refractivity contribution in [3.05, 3.63) is 34.9 Å². The van der Waals surface area contributed by atoms with Crippen molar-refractivity contribution in [2.45, 2.75) is 46.6 Å². The Morgan fingerprint density at radius 3 is 2.42 bits per heavy atom. The lowest BCUT2D eigenvalue weighted by Gasteiger charge is -2.30. The van der Waals surface area contributed by atoms with Crippen molar-refractivity contribution in [3.8, 4) is 0 Å². The zero-order valence-corrected chi connectivity index (χ0v) is 12.4. The van der Waals surface area contributed by atoms with Crippen LogP contribution in [0.25, 0.3) is 0 Å². The molecule has 0 heterocycles. The van der Waals surface area contributed by atoms with Gasteiger partial charge in [0.2, 0.25) is 0 Å². The second-order valence-electron chi connectivity index (χ2n) is 5.01. The summed E-state index contributed by atoms with van der Waals surface area (Å²) < 4.78 is 0. The van der Waals surface area contributed by atoms with Crippen LogP contribution in [0.15, 0.2) is 18.2 Å². The Morgan fingerprint density at radius 1 is 1.26 bits per heavy atom. The largest absolute Gasteiger partial charge is 0.395 e. The fraction of sp³-hybridized carbons (Fsp3) is 0.562. The number of amides is 1. The monoisotopic (exact) mass is 263 g/mol. The molecule has 1 aromatic carbocycles. The number of hydrogen-bond donors (Lipinski definition) is 1. The van der Waals surface area contributed by atoms with Crippen LogP contribution in [0.5, 0.6) is 0 Å². The Labute approximate surface area is 116 Å². The topological polar surface area (TPSA) is 40.5 Å². The van der Waals surface area contributed by atoms with Gasteiger partial charge in [-0.15, -0.1) is 0 Å². The van der Waals surface area contributed by atoms with E-state index in [9.17, 15) is 9.90 Å². The minimum absolute atomic E-state index is 0.00705. The predicted octanol–water partition coefficient (Wildman–Crippen LogP) is 2.93. The fourth-order valence-electron chi connectivity index (χ4n) is 2.41. The molecule has 0 aliphatic carbocycles. The molecule has 1 aromatic rings. The van der Waals surface area contributed by atoms with Crippen LogP contribution in [0.3, 0.4) is 0 Å². The van der Waals surface area contributed by atoms with E-state index < -0.39 is 0 Å². The fourth-order valence-corrected chi connectivity index (χ4v) is 2.41. The summed E-state index contributed by atoms with van der Waals surface area (Å²) in [4.78, 5) is 14.5. The lowest BCUT2D eigenvalue weighted by molar-refractivity contribution is 0.0621. The molecule has 0 aromatic heterocycles. The Balaban J connectivity index is 3.08. The molecule has 0 fully saturated rings. The summed E-state index contributed by atoms with van der Waals surface area (Å²) in [6.45, 7) is 8.51. The van der Waals surface area contributed by atoms with E-state index >= 15 is 0 Å². The van der Waals surface area contributed by atoms with Crippen LogP contribution in [-0.2, 0) is 0 Å². The molecule has 3 heteroatoms. The van der Waals surface area contributed by atoms with Gasteiger partial charge in [-0.05, 0) is 38.3 Å². The van der Waals surface area contributed by atoms with Crippen molar-refractivity contribution < 1.29 is 9.90 Å². The maximum absolute atomic E-state index is 12.7. The Morgan fingerprint density at radius 2 is 1.89 bits per heavy atom. The van der Waals surface area contributed by atoms with E-state index in [0.717, 1.165) is 29.5 Å². The summed E-state index contributed by atoms with van der Waals surface area (Å²) in [5.74, 6) is 0.0314. The smallest absolute Gasteiger partial charge is 0.254 e. The van der Waals surface area contributed by atoms with Crippen LogP contribution in [0.1, 0.15) is 48.2 Å². The van der Waals surface area contributed by atoms with E-state index in [1.54, 1.807) is 0 Å². The molecule has 0 aliphatic rings. The summed E-state index contributed by atoms with van der Waals surface area (Å²) in [7, 11) is 0. The number of hydrogen-bond acceptors (Lipinski definition) is 2. The molecule has 3 nitrogen and oxygen atoms in total. The van der Waals surface area contributed by atoms with Crippen LogP contribution in [0.2, 0.25) is 0 Å². The van der Waals surface area contributed by atoms with Gasteiger partial charge in [-0.3, -0.25) is 4.79 Å². The third-order valence-corrected chi connectivity index (χ3v) is 3.61. The first-order valence-corrected chi connectivity index (χ1v) is 7.04. The van der Waals surface area contributed by atoms with Gasteiger partial charge in [0.25, 0.3) is 5.91 Å². The van der Waals surface area contributed by atoms with Gasteiger partial charge in [-0.2, -0.15) is 0 Å². The summed E-state index contributed by atoms with van der Waals surface area (Å²) in [5.41, 5.74) is 2.83. The van der Waals surface area contributed by atoms with E-state index in [0.29, 0.717) is 6.54 Å². The van der Waals surface area contributed by atoms with Crippen LogP contribution in [0.4, 0.5) is 0 Å². The lowest BCUT2D eigenvalue weighted by Crippen LogP contribution is -2.41. The summed E-state index contributed by atoms with van der Waals surface area (Å²) in [6, 6.07) is 6.12. The number of carbonyl (C=O) groups excluding carboxylic acids is 1. The number of aliphatic hydroxyl groups is 1. The highest BCUT2D eigenvalue weighted by molar-refractivity contribution is 5.96. The van der Waals surface area contributed by atoms with Crippen molar-refractivity contribution in [2.75, 3.05) is 13.2 Å². The first-order chi connectivity index (χ1) is 9.04. The van der Waals surface area contributed by atoms with E-state index in [2.05, 4.69) is 13.8 Å². The van der Waals surface area contributed by atoms with Crippen molar-refractivity contribution in [1.82, 2.24) is 4.90 Å². The van der Waals surface area contributed by atoms with Crippen LogP contribution in [-0.4, -0.2) is 35.1 Å². The predicted molar refractivity (Wildman–Crippen MR) is 78.4 cm³/mol. The van der Waals surface area contributed by atoms with Gasteiger partial charge >= 0.3 is 0 Å². The zero-order chi connectivity index (χ0) is 14.4. The van der Waals surface area contributed by atoms with Gasteiger partial charge in [0.15, 0.2) is 0 Å². The summed E-state index contributed by atoms with van der Waals surface area (Å²) >= 11 is 0. The second-order valence-corrected chi connectivity index (χ2v) is 5.01. The molecule has 106 valence electrons. The molecule has 0 saturated heterocycles. The Bertz CT molecular complexity index is 425. The molecular weight excluding hydrogens is 238 g/mol. The van der Waals surface area contributed by atoms with Crippen LogP contribution >= 0.6 is 0 Å². The normalized spacial score (nSPS) is 10.8. The quantitative estimate of drug-likeness (QED) is 0.857. The van der Waals surface area contributed by atoms with Crippen molar-refractivity contribution >= 4 is 5.91 Å². The van der Waals surface area contributed by atoms with Gasteiger partial charge in [0, 0.05) is 18.2 Å². The van der Waals surface area contributed by atoms with Crippen LogP contribution < -0.4 is 0 Å². The molecule has 0 spiro atoms. The minimum atomic E-state index is 0.00705. The molecule has 19 heavy (non-hydrogen) atoms. The number of carbonyl (C=O) groups is 1. The molecule has 0 aliphatic heterocycles. The first-order valence-electron chi connectivity index (χ1n) is 7.04. The summed E-state index contributed by atoms with van der Waals surface area (Å²) in [6.07, 6.45) is 1.82. The maximum Gasteiger partial charge on any atom is 0.254 e. The highest BCUT2D eigenvalue weighted by Gasteiger charge is 2.23. The number of rotatable bonds is 6. The molecule has 0 bridgehead atoms. The Hall–Kier alpha value is -1.35. The number of aryl methyl sites for hydroxylation is 2. The average molecular weight is 263 g/mol. The average Bonchev–Trinajstić information content (AvgIpc) is 2.41. The first kappa shape index (κ1) is 15.7. The van der Waals surface area contributed by atoms with E-state index in [1.165, 1.54) is 0 Å². The third kappa shape index (κ3) is 3.80. The Kier molecular flexibility index (Phi) is 6.03. The standard InChI is InChI=1S/C16H25NO2/c1-5-14(6-2)17(9-10-18)16(19)15-11-12(3)7-8-13(15)4/h7-8,11,14,18H,5-6,9-10H2,1-4H3. The number of aliphatic hydroxyl groups excluding tert-OH is 1. The SMILES string of the molecule is CCC(CC)N(CCO)C(=O)c1cc(C)ccc1C. The van der Waals surface area contributed by atoms with Gasteiger partial charge in [-0.1, -0.05) is 31.5 Å². The minimum Gasteiger partial charge on any atom is -0.395 e. The molecule has 0 atom stereocenters. The van der Waals surface area contributed by atoms with E-state index in [-0.39, 0.29) is 18.6 Å². The summed E-state index contributed by atoms with van der Waals surface area (Å²) in [5, 5.41) is 9.20. The highest BCUT2D eigenvalue weighted by atomic mass is 16.3. The molecule has 0 unspecified atom stereocenters. The van der Waals surface area contributed by atoms with Crippen LogP contribution in [0, 0.1) is 13.8 Å². The van der Waals surface area contributed by atoms with Crippen molar-refractivity contribution in [1.29, 1.82) is 0 Å². The zero-order valence-electron chi connectivity index (χ0n) is 12.4. The van der Waals surface area contributed by atoms with Crippen molar-refractivity contribution in [2.24, 2.45) is 0 Å². The van der Waals surface area contributed by atoms with E-state index in [4.69, 9.17) is 0 Å². The molecular formula is C16H25NO2. The third-order valence-electron chi connectivity index (χ3n) is 3.61.